The highest BCUT2D eigenvalue weighted by molar-refractivity contribution is 6.67. The van der Waals surface area contributed by atoms with E-state index in [1.807, 2.05) is 12.1 Å². The van der Waals surface area contributed by atoms with Crippen LogP contribution in [0.5, 0.6) is 0 Å². The largest absolute Gasteiger partial charge is 0.399 e. The molecule has 120 valence electrons. The van der Waals surface area contributed by atoms with E-state index in [4.69, 9.17) is 14.5 Å². The van der Waals surface area contributed by atoms with Crippen molar-refractivity contribution in [3.8, 4) is 0 Å². The molecule has 0 bridgehead atoms. The highest BCUT2D eigenvalue weighted by Crippen LogP contribution is 2.13. The van der Waals surface area contributed by atoms with Crippen LogP contribution in [0.4, 0.5) is 0 Å². The van der Waals surface area contributed by atoms with E-state index in [9.17, 15) is 0 Å². The Morgan fingerprint density at radius 3 is 2.23 bits per heavy atom. The van der Waals surface area contributed by atoms with Crippen molar-refractivity contribution in [2.24, 2.45) is 15.5 Å². The highest BCUT2D eigenvalue weighted by atomic mass is 16.6. The molecule has 0 aliphatic carbocycles. The van der Waals surface area contributed by atoms with Crippen molar-refractivity contribution in [3.05, 3.63) is 34.9 Å². The van der Waals surface area contributed by atoms with Gasteiger partial charge in [-0.3, -0.25) is 0 Å². The van der Waals surface area contributed by atoms with Gasteiger partial charge in [0, 0.05) is 0 Å². The van der Waals surface area contributed by atoms with E-state index in [2.05, 4.69) is 35.4 Å². The van der Waals surface area contributed by atoms with Crippen molar-refractivity contribution in [2.45, 2.75) is 34.3 Å². The Bertz CT molecular complexity index is 592. The summed E-state index contributed by atoms with van der Waals surface area (Å²) in [6, 6.07) is 6.10. The van der Waals surface area contributed by atoms with Crippen LogP contribution < -0.4 is 0 Å². The quantitative estimate of drug-likeness (QED) is 0.574. The summed E-state index contributed by atoms with van der Waals surface area (Å²) in [5.74, 6) is 0. The topological polar surface area (TPSA) is 64.8 Å². The minimum Gasteiger partial charge on any atom is -0.399 e. The molecule has 0 saturated heterocycles. The van der Waals surface area contributed by atoms with E-state index in [0.29, 0.717) is 23.7 Å². The van der Waals surface area contributed by atoms with Crippen molar-refractivity contribution in [1.29, 1.82) is 0 Å². The summed E-state index contributed by atoms with van der Waals surface area (Å²) < 4.78 is 0. The fourth-order valence-electron chi connectivity index (χ4n) is 1.88. The zero-order chi connectivity index (χ0) is 16.5. The summed E-state index contributed by atoms with van der Waals surface area (Å²) in [7, 11) is 2.93. The molecule has 1 aromatic carbocycles. The summed E-state index contributed by atoms with van der Waals surface area (Å²) in [5.41, 5.74) is 5.13. The van der Waals surface area contributed by atoms with Crippen LogP contribution in [0, 0.1) is 13.8 Å². The molecule has 0 fully saturated rings. The monoisotopic (exact) mass is 305 g/mol. The van der Waals surface area contributed by atoms with Crippen LogP contribution in [-0.4, -0.2) is 31.4 Å². The molecule has 6 nitrogen and oxygen atoms in total. The fourth-order valence-corrected chi connectivity index (χ4v) is 1.88. The molecule has 0 aliphatic rings. The zero-order valence-electron chi connectivity index (χ0n) is 14.0. The van der Waals surface area contributed by atoms with Gasteiger partial charge in [-0.1, -0.05) is 33.7 Å². The van der Waals surface area contributed by atoms with Crippen molar-refractivity contribution in [2.75, 3.05) is 14.2 Å². The lowest BCUT2D eigenvalue weighted by Crippen LogP contribution is -2.20. The maximum atomic E-state index is 5.43. The molecule has 22 heavy (non-hydrogen) atoms. The Kier molecular flexibility index (Phi) is 7.08. The number of hydrogen-bond donors (Lipinski definition) is 0. The smallest absolute Gasteiger partial charge is 0.151 e. The molecule has 0 unspecified atom stereocenters. The van der Waals surface area contributed by atoms with Crippen LogP contribution in [0.3, 0.4) is 0 Å². The third-order valence-corrected chi connectivity index (χ3v) is 3.23. The van der Waals surface area contributed by atoms with Gasteiger partial charge in [0.1, 0.15) is 32.2 Å². The Hall–Kier alpha value is -2.37. The van der Waals surface area contributed by atoms with Gasteiger partial charge in [0.2, 0.25) is 0 Å². The number of nitrogens with zero attached hydrogens (tertiary/aromatic N) is 3. The van der Waals surface area contributed by atoms with Crippen LogP contribution in [0.15, 0.2) is 33.7 Å². The van der Waals surface area contributed by atoms with E-state index in [1.165, 1.54) is 25.3 Å². The molecule has 0 N–H and O–H groups in total. The zero-order valence-corrected chi connectivity index (χ0v) is 14.0. The molecule has 1 rings (SSSR count). The molecule has 6 heteroatoms. The van der Waals surface area contributed by atoms with Gasteiger partial charge < -0.3 is 14.5 Å². The highest BCUT2D eigenvalue weighted by Gasteiger charge is 2.11. The molecule has 0 aromatic heterocycles. The van der Waals surface area contributed by atoms with Crippen molar-refractivity contribution < 1.29 is 14.5 Å². The number of hydrogen-bond acceptors (Lipinski definition) is 6. The molecular weight excluding hydrogens is 282 g/mol. The van der Waals surface area contributed by atoms with Crippen LogP contribution in [0.2, 0.25) is 0 Å². The van der Waals surface area contributed by atoms with Gasteiger partial charge in [-0.15, -0.1) is 0 Å². The summed E-state index contributed by atoms with van der Waals surface area (Å²) >= 11 is 0. The number of aryl methyl sites for hydroxylation is 1. The van der Waals surface area contributed by atoms with Crippen LogP contribution in [0.25, 0.3) is 0 Å². The lowest BCUT2D eigenvalue weighted by Gasteiger charge is -2.08. The lowest BCUT2D eigenvalue weighted by atomic mass is 10.0. The fraction of sp³-hybridized carbons (Fsp3) is 0.438. The van der Waals surface area contributed by atoms with Crippen LogP contribution in [0.1, 0.15) is 30.5 Å². The first kappa shape index (κ1) is 17.7. The first-order chi connectivity index (χ1) is 10.5. The summed E-state index contributed by atoms with van der Waals surface area (Å²) in [6.07, 6.45) is 0. The maximum absolute atomic E-state index is 5.43. The molecule has 0 radical (unpaired) electrons. The van der Waals surface area contributed by atoms with Crippen molar-refractivity contribution in [1.82, 2.24) is 0 Å². The molecule has 0 aliphatic heterocycles. The Morgan fingerprint density at radius 1 is 0.955 bits per heavy atom. The molecule has 0 atom stereocenters. The van der Waals surface area contributed by atoms with E-state index in [1.54, 1.807) is 13.8 Å². The number of benzene rings is 1. The second-order valence-corrected chi connectivity index (χ2v) is 4.79. The average Bonchev–Trinajstić information content (AvgIpc) is 2.49. The Morgan fingerprint density at radius 2 is 1.59 bits per heavy atom. The molecular formula is C16H23N3O3. The van der Waals surface area contributed by atoms with Crippen molar-refractivity contribution in [3.63, 3.8) is 0 Å². The van der Waals surface area contributed by atoms with Gasteiger partial charge in [0.05, 0.1) is 0 Å². The maximum Gasteiger partial charge on any atom is 0.151 e. The lowest BCUT2D eigenvalue weighted by molar-refractivity contribution is 0.130. The van der Waals surface area contributed by atoms with Crippen LogP contribution in [-0.2, 0) is 21.1 Å². The first-order valence-corrected chi connectivity index (χ1v) is 6.92. The number of rotatable bonds is 7. The predicted octanol–water partition coefficient (Wildman–Crippen LogP) is 3.22. The van der Waals surface area contributed by atoms with Gasteiger partial charge in [-0.25, -0.2) is 0 Å². The predicted molar refractivity (Wildman–Crippen MR) is 88.4 cm³/mol. The second kappa shape index (κ2) is 8.81. The number of oxime groups is 3. The van der Waals surface area contributed by atoms with Gasteiger partial charge in [0.25, 0.3) is 0 Å². The van der Waals surface area contributed by atoms with Gasteiger partial charge in [-0.05, 0) is 44.4 Å². The molecule has 0 heterocycles. The van der Waals surface area contributed by atoms with Gasteiger partial charge in [0.15, 0.2) is 5.71 Å². The SMILES string of the molecule is CO\N=C(C)/C(=N/OC)C(/C)=N\OCc1cccc(C)c1C. The molecule has 0 saturated carbocycles. The van der Waals surface area contributed by atoms with E-state index < -0.39 is 0 Å². The third-order valence-electron chi connectivity index (χ3n) is 3.23. The summed E-state index contributed by atoms with van der Waals surface area (Å²) in [5, 5.41) is 11.8. The minimum absolute atomic E-state index is 0.394. The van der Waals surface area contributed by atoms with Crippen molar-refractivity contribution >= 4 is 17.1 Å². The minimum atomic E-state index is 0.394. The summed E-state index contributed by atoms with van der Waals surface area (Å²) in [6.45, 7) is 8.06. The molecule has 0 spiro atoms. The van der Waals surface area contributed by atoms with E-state index in [-0.39, 0.29) is 0 Å². The second-order valence-electron chi connectivity index (χ2n) is 4.79. The summed E-state index contributed by atoms with van der Waals surface area (Å²) in [4.78, 5) is 15.0. The first-order valence-electron chi connectivity index (χ1n) is 6.92. The molecule has 0 amide bonds. The third kappa shape index (κ3) is 4.87. The standard InChI is InChI=1S/C16H23N3O3/c1-11-8-7-9-15(12(11)2)10-22-18-14(4)16(19-21-6)13(3)17-20-5/h7-9H,10H2,1-6H3/b17-13-,18-14-,19-16-. The van der Waals surface area contributed by atoms with Gasteiger partial charge >= 0.3 is 0 Å². The Balaban J connectivity index is 2.81. The normalized spacial score (nSPS) is 13.1. The van der Waals surface area contributed by atoms with E-state index in [0.717, 1.165) is 5.56 Å². The Labute approximate surface area is 131 Å². The van der Waals surface area contributed by atoms with Crippen LogP contribution >= 0.6 is 0 Å². The van der Waals surface area contributed by atoms with E-state index >= 15 is 0 Å². The molecule has 1 aromatic rings. The van der Waals surface area contributed by atoms with Gasteiger partial charge in [-0.2, -0.15) is 0 Å². The average molecular weight is 305 g/mol.